The molecule has 100 valence electrons. The first-order chi connectivity index (χ1) is 9.34. The summed E-state index contributed by atoms with van der Waals surface area (Å²) in [5, 5.41) is 5.67. The van der Waals surface area contributed by atoms with Gasteiger partial charge in [0.25, 0.3) is 0 Å². The third-order valence-electron chi connectivity index (χ3n) is 3.34. The number of pyridine rings is 1. The number of halogens is 1. The molecule has 0 bridgehead atoms. The Morgan fingerprint density at radius 3 is 3.00 bits per heavy atom. The van der Waals surface area contributed by atoms with Gasteiger partial charge in [0.1, 0.15) is 5.82 Å². The molecule has 2 aromatic rings. The zero-order chi connectivity index (χ0) is 13.1. The van der Waals surface area contributed by atoms with E-state index in [9.17, 15) is 0 Å². The zero-order valence-electron chi connectivity index (χ0n) is 10.7. The molecule has 0 unspecified atom stereocenters. The van der Waals surface area contributed by atoms with Crippen LogP contribution in [-0.2, 0) is 4.74 Å². The van der Waals surface area contributed by atoms with Crippen LogP contribution in [0.25, 0.3) is 10.8 Å². The highest BCUT2D eigenvalue weighted by atomic mass is 79.9. The van der Waals surface area contributed by atoms with Crippen molar-refractivity contribution < 1.29 is 4.74 Å². The Morgan fingerprint density at radius 1 is 1.26 bits per heavy atom. The highest BCUT2D eigenvalue weighted by molar-refractivity contribution is 9.10. The van der Waals surface area contributed by atoms with Crippen molar-refractivity contribution in [1.82, 2.24) is 4.98 Å². The van der Waals surface area contributed by atoms with Crippen LogP contribution < -0.4 is 5.32 Å². The molecule has 0 aliphatic heterocycles. The Hall–Kier alpha value is -1.13. The van der Waals surface area contributed by atoms with Gasteiger partial charge in [-0.3, -0.25) is 0 Å². The Kier molecular flexibility index (Phi) is 3.99. The van der Waals surface area contributed by atoms with Crippen LogP contribution in [0.3, 0.4) is 0 Å². The summed E-state index contributed by atoms with van der Waals surface area (Å²) in [6.07, 6.45) is 4.51. The van der Waals surface area contributed by atoms with E-state index < -0.39 is 0 Å². The van der Waals surface area contributed by atoms with Crippen LogP contribution in [0.15, 0.2) is 34.9 Å². The number of ether oxygens (including phenoxy) is 1. The lowest BCUT2D eigenvalue weighted by molar-refractivity contribution is 0.134. The van der Waals surface area contributed by atoms with Crippen molar-refractivity contribution in [3.05, 3.63) is 34.9 Å². The number of hydrogen-bond donors (Lipinski definition) is 1. The Labute approximate surface area is 121 Å². The summed E-state index contributed by atoms with van der Waals surface area (Å²) in [5.74, 6) is 1.75. The monoisotopic (exact) mass is 320 g/mol. The van der Waals surface area contributed by atoms with Gasteiger partial charge in [-0.05, 0) is 30.9 Å². The van der Waals surface area contributed by atoms with Crippen molar-refractivity contribution in [2.24, 2.45) is 5.92 Å². The molecule has 3 nitrogen and oxygen atoms in total. The van der Waals surface area contributed by atoms with Gasteiger partial charge in [0.15, 0.2) is 0 Å². The van der Waals surface area contributed by atoms with Crippen molar-refractivity contribution in [2.45, 2.75) is 12.8 Å². The van der Waals surface area contributed by atoms with Crippen molar-refractivity contribution in [3.63, 3.8) is 0 Å². The molecule has 1 aromatic carbocycles. The minimum absolute atomic E-state index is 0.739. The van der Waals surface area contributed by atoms with Gasteiger partial charge >= 0.3 is 0 Å². The summed E-state index contributed by atoms with van der Waals surface area (Å²) < 4.78 is 6.71. The Balaban J connectivity index is 1.61. The summed E-state index contributed by atoms with van der Waals surface area (Å²) in [5.41, 5.74) is 0. The number of nitrogens with one attached hydrogen (secondary N) is 1. The van der Waals surface area contributed by atoms with Crippen molar-refractivity contribution in [1.29, 1.82) is 0 Å². The molecule has 0 saturated heterocycles. The van der Waals surface area contributed by atoms with Gasteiger partial charge in [0, 0.05) is 34.6 Å². The molecular formula is C15H17BrN2O. The second-order valence-corrected chi connectivity index (χ2v) is 5.79. The van der Waals surface area contributed by atoms with Gasteiger partial charge in [-0.2, -0.15) is 0 Å². The summed E-state index contributed by atoms with van der Waals surface area (Å²) in [7, 11) is 0. The van der Waals surface area contributed by atoms with Crippen LogP contribution in [0.2, 0.25) is 0 Å². The average Bonchev–Trinajstić information content (AvgIpc) is 3.23. The van der Waals surface area contributed by atoms with Gasteiger partial charge in [-0.1, -0.05) is 28.1 Å². The smallest absolute Gasteiger partial charge is 0.133 e. The number of hydrogen-bond acceptors (Lipinski definition) is 3. The third kappa shape index (κ3) is 3.25. The minimum atomic E-state index is 0.739. The minimum Gasteiger partial charge on any atom is -0.379 e. The maximum Gasteiger partial charge on any atom is 0.133 e. The fourth-order valence-electron chi connectivity index (χ4n) is 2.09. The van der Waals surface area contributed by atoms with E-state index in [1.807, 2.05) is 24.4 Å². The van der Waals surface area contributed by atoms with Crippen LogP contribution in [0.5, 0.6) is 0 Å². The zero-order valence-corrected chi connectivity index (χ0v) is 12.3. The van der Waals surface area contributed by atoms with Crippen LogP contribution in [0.1, 0.15) is 12.8 Å². The standard InChI is InChI=1S/C15H17BrN2O/c16-14-3-1-2-13-12(14)6-7-17-15(13)18-8-9-19-10-11-4-5-11/h1-3,6-7,11H,4-5,8-10H2,(H,17,18). The number of fused-ring (bicyclic) bond motifs is 1. The summed E-state index contributed by atoms with van der Waals surface area (Å²) in [4.78, 5) is 4.41. The third-order valence-corrected chi connectivity index (χ3v) is 4.03. The summed E-state index contributed by atoms with van der Waals surface area (Å²) in [6.45, 7) is 2.45. The lowest BCUT2D eigenvalue weighted by Gasteiger charge is -2.09. The lowest BCUT2D eigenvalue weighted by Crippen LogP contribution is -2.11. The predicted octanol–water partition coefficient (Wildman–Crippen LogP) is 3.84. The van der Waals surface area contributed by atoms with Crippen LogP contribution >= 0.6 is 15.9 Å². The molecule has 0 radical (unpaired) electrons. The molecule has 1 aliphatic carbocycles. The number of anilines is 1. The molecule has 1 N–H and O–H groups in total. The first-order valence-corrected chi connectivity index (χ1v) is 7.49. The first kappa shape index (κ1) is 12.9. The molecule has 0 amide bonds. The van der Waals surface area contributed by atoms with Gasteiger partial charge in [0.2, 0.25) is 0 Å². The SMILES string of the molecule is Brc1cccc2c(NCCOCC3CC3)nccc12. The van der Waals surface area contributed by atoms with Crippen molar-refractivity contribution in [3.8, 4) is 0 Å². The molecule has 1 heterocycles. The van der Waals surface area contributed by atoms with Crippen LogP contribution in [0, 0.1) is 5.92 Å². The van der Waals surface area contributed by atoms with Gasteiger partial charge in [0.05, 0.1) is 6.61 Å². The molecule has 0 atom stereocenters. The second-order valence-electron chi connectivity index (χ2n) is 4.94. The van der Waals surface area contributed by atoms with E-state index in [1.165, 1.54) is 18.2 Å². The molecule has 1 aliphatic rings. The highest BCUT2D eigenvalue weighted by Gasteiger charge is 2.20. The second kappa shape index (κ2) is 5.88. The van der Waals surface area contributed by atoms with Gasteiger partial charge in [-0.15, -0.1) is 0 Å². The molecule has 19 heavy (non-hydrogen) atoms. The van der Waals surface area contributed by atoms with Crippen molar-refractivity contribution >= 4 is 32.5 Å². The highest BCUT2D eigenvalue weighted by Crippen LogP contribution is 2.29. The molecule has 4 heteroatoms. The number of benzene rings is 1. The topological polar surface area (TPSA) is 34.1 Å². The summed E-state index contributed by atoms with van der Waals surface area (Å²) in [6, 6.07) is 8.18. The Bertz CT molecular complexity index is 569. The maximum atomic E-state index is 5.62. The fraction of sp³-hybridized carbons (Fsp3) is 0.400. The predicted molar refractivity (Wildman–Crippen MR) is 81.5 cm³/mol. The molecule has 0 spiro atoms. The average molecular weight is 321 g/mol. The van der Waals surface area contributed by atoms with Gasteiger partial charge in [-0.25, -0.2) is 4.98 Å². The van der Waals surface area contributed by atoms with E-state index in [4.69, 9.17) is 4.74 Å². The van der Waals surface area contributed by atoms with E-state index in [0.717, 1.165) is 41.4 Å². The van der Waals surface area contributed by atoms with E-state index >= 15 is 0 Å². The number of rotatable bonds is 6. The van der Waals surface area contributed by atoms with Crippen molar-refractivity contribution in [2.75, 3.05) is 25.1 Å². The maximum absolute atomic E-state index is 5.62. The molecule has 1 aromatic heterocycles. The molecule has 1 fully saturated rings. The molecular weight excluding hydrogens is 304 g/mol. The summed E-state index contributed by atoms with van der Waals surface area (Å²) >= 11 is 3.57. The van der Waals surface area contributed by atoms with E-state index in [2.05, 4.69) is 32.3 Å². The lowest BCUT2D eigenvalue weighted by atomic mass is 10.1. The van der Waals surface area contributed by atoms with Crippen LogP contribution in [-0.4, -0.2) is 24.7 Å². The molecule has 1 saturated carbocycles. The fourth-order valence-corrected chi connectivity index (χ4v) is 2.58. The van der Waals surface area contributed by atoms with Gasteiger partial charge < -0.3 is 10.1 Å². The Morgan fingerprint density at radius 2 is 2.16 bits per heavy atom. The quantitative estimate of drug-likeness (QED) is 0.821. The molecule has 3 rings (SSSR count). The van der Waals surface area contributed by atoms with E-state index in [1.54, 1.807) is 0 Å². The van der Waals surface area contributed by atoms with Crippen LogP contribution in [0.4, 0.5) is 5.82 Å². The van der Waals surface area contributed by atoms with E-state index in [-0.39, 0.29) is 0 Å². The normalized spacial score (nSPS) is 14.8. The number of aromatic nitrogens is 1. The largest absolute Gasteiger partial charge is 0.379 e. The first-order valence-electron chi connectivity index (χ1n) is 6.69. The van der Waals surface area contributed by atoms with E-state index in [0.29, 0.717) is 0 Å². The number of nitrogens with zero attached hydrogens (tertiary/aromatic N) is 1.